The van der Waals surface area contributed by atoms with Gasteiger partial charge in [0.1, 0.15) is 12.1 Å². The minimum Gasteiger partial charge on any atom is -0.323 e. The van der Waals surface area contributed by atoms with Gasteiger partial charge in [-0.05, 0) is 43.7 Å². The van der Waals surface area contributed by atoms with Crippen molar-refractivity contribution in [1.82, 2.24) is 19.4 Å². The number of fused-ring (bicyclic) bond motifs is 1. The molecule has 1 aliphatic rings. The normalized spacial score (nSPS) is 17.3. The molecule has 1 atom stereocenters. The summed E-state index contributed by atoms with van der Waals surface area (Å²) in [5.41, 5.74) is 2.59. The number of carbonyl (C=O) groups is 1. The smallest absolute Gasteiger partial charge is 0.241 e. The first-order valence-electron chi connectivity index (χ1n) is 8.63. The van der Waals surface area contributed by atoms with E-state index in [0.717, 1.165) is 36.2 Å². The topological polar surface area (TPSA) is 63.1 Å². The van der Waals surface area contributed by atoms with Crippen LogP contribution in [0.25, 0.3) is 16.9 Å². The Morgan fingerprint density at radius 3 is 2.96 bits per heavy atom. The van der Waals surface area contributed by atoms with Crippen molar-refractivity contribution >= 4 is 22.6 Å². The number of amides is 1. The summed E-state index contributed by atoms with van der Waals surface area (Å²) in [6.07, 6.45) is 10.6. The van der Waals surface area contributed by atoms with Gasteiger partial charge in [0.05, 0.1) is 35.5 Å². The Kier molecular flexibility index (Phi) is 4.38. The standard InChI is InChI=1S/C20H19N5O/c1-2-11-24-12-5-8-18(24)20(26)23-15-9-10-19(21-13-15)25-14-22-16-6-3-4-7-17(16)25/h1,3-4,6-7,9-10,13-14,18H,5,8,11-12H2,(H,23,26)/t18-/m0/s1. The first-order valence-corrected chi connectivity index (χ1v) is 8.63. The number of hydrogen-bond acceptors (Lipinski definition) is 4. The van der Waals surface area contributed by atoms with E-state index in [4.69, 9.17) is 6.42 Å². The summed E-state index contributed by atoms with van der Waals surface area (Å²) in [6.45, 7) is 1.37. The number of anilines is 1. The van der Waals surface area contributed by atoms with Gasteiger partial charge in [0, 0.05) is 0 Å². The van der Waals surface area contributed by atoms with Gasteiger partial charge >= 0.3 is 0 Å². The number of nitrogens with zero attached hydrogens (tertiary/aromatic N) is 4. The van der Waals surface area contributed by atoms with Gasteiger partial charge < -0.3 is 5.32 Å². The third-order valence-corrected chi connectivity index (χ3v) is 4.68. The van der Waals surface area contributed by atoms with Gasteiger partial charge in [-0.3, -0.25) is 14.3 Å². The molecule has 0 aliphatic carbocycles. The third kappa shape index (κ3) is 3.05. The van der Waals surface area contributed by atoms with Crippen molar-refractivity contribution in [2.24, 2.45) is 0 Å². The third-order valence-electron chi connectivity index (χ3n) is 4.68. The van der Waals surface area contributed by atoms with E-state index in [1.165, 1.54) is 0 Å². The van der Waals surface area contributed by atoms with E-state index in [1.54, 1.807) is 12.5 Å². The molecule has 26 heavy (non-hydrogen) atoms. The van der Waals surface area contributed by atoms with Crippen molar-refractivity contribution in [3.05, 3.63) is 48.9 Å². The van der Waals surface area contributed by atoms with Gasteiger partial charge in [0.25, 0.3) is 0 Å². The van der Waals surface area contributed by atoms with E-state index in [-0.39, 0.29) is 11.9 Å². The molecule has 0 unspecified atom stereocenters. The fourth-order valence-electron chi connectivity index (χ4n) is 3.40. The zero-order valence-corrected chi connectivity index (χ0v) is 14.3. The molecule has 1 N–H and O–H groups in total. The van der Waals surface area contributed by atoms with Crippen LogP contribution in [0.1, 0.15) is 12.8 Å². The molecule has 130 valence electrons. The van der Waals surface area contributed by atoms with Crippen molar-refractivity contribution in [2.75, 3.05) is 18.4 Å². The van der Waals surface area contributed by atoms with Crippen LogP contribution in [-0.4, -0.2) is 44.5 Å². The first-order chi connectivity index (χ1) is 12.8. The summed E-state index contributed by atoms with van der Waals surface area (Å²) in [4.78, 5) is 23.4. The van der Waals surface area contributed by atoms with Crippen LogP contribution in [0.5, 0.6) is 0 Å². The van der Waals surface area contributed by atoms with Crippen LogP contribution in [0.3, 0.4) is 0 Å². The number of likely N-dealkylation sites (tertiary alicyclic amines) is 1. The minimum absolute atomic E-state index is 0.0274. The Labute approximate surface area is 151 Å². The number of nitrogens with one attached hydrogen (secondary N) is 1. The first kappa shape index (κ1) is 16.3. The zero-order chi connectivity index (χ0) is 17.9. The number of aromatic nitrogens is 3. The lowest BCUT2D eigenvalue weighted by Crippen LogP contribution is -2.39. The summed E-state index contributed by atoms with van der Waals surface area (Å²) in [7, 11) is 0. The number of imidazole rings is 1. The molecule has 0 radical (unpaired) electrons. The van der Waals surface area contributed by atoms with E-state index in [1.807, 2.05) is 45.9 Å². The maximum atomic E-state index is 12.5. The second kappa shape index (κ2) is 6.98. The zero-order valence-electron chi connectivity index (χ0n) is 14.3. The quantitative estimate of drug-likeness (QED) is 0.738. The maximum absolute atomic E-state index is 12.5. The molecule has 2 aromatic heterocycles. The summed E-state index contributed by atoms with van der Waals surface area (Å²) in [6, 6.07) is 11.5. The van der Waals surface area contributed by atoms with E-state index in [0.29, 0.717) is 12.2 Å². The number of para-hydroxylation sites is 2. The average molecular weight is 345 g/mol. The molecule has 1 amide bonds. The lowest BCUT2D eigenvalue weighted by atomic mass is 10.2. The van der Waals surface area contributed by atoms with E-state index in [9.17, 15) is 4.79 Å². The molecule has 0 saturated carbocycles. The van der Waals surface area contributed by atoms with Gasteiger partial charge in [0.2, 0.25) is 5.91 Å². The molecule has 1 aliphatic heterocycles. The van der Waals surface area contributed by atoms with Gasteiger partial charge in [-0.25, -0.2) is 9.97 Å². The monoisotopic (exact) mass is 345 g/mol. The van der Waals surface area contributed by atoms with Gasteiger partial charge in [-0.2, -0.15) is 0 Å². The Morgan fingerprint density at radius 1 is 1.27 bits per heavy atom. The molecule has 1 saturated heterocycles. The molecule has 1 aromatic carbocycles. The second-order valence-electron chi connectivity index (χ2n) is 6.33. The van der Waals surface area contributed by atoms with E-state index in [2.05, 4.69) is 21.2 Å². The number of pyridine rings is 1. The largest absolute Gasteiger partial charge is 0.323 e. The van der Waals surface area contributed by atoms with Crippen LogP contribution < -0.4 is 5.32 Å². The van der Waals surface area contributed by atoms with Gasteiger partial charge in [0.15, 0.2) is 0 Å². The fraction of sp³-hybridized carbons (Fsp3) is 0.250. The fourth-order valence-corrected chi connectivity index (χ4v) is 3.40. The Bertz CT molecular complexity index is 970. The highest BCUT2D eigenvalue weighted by Gasteiger charge is 2.29. The molecule has 0 spiro atoms. The van der Waals surface area contributed by atoms with E-state index >= 15 is 0 Å². The van der Waals surface area contributed by atoms with E-state index < -0.39 is 0 Å². The number of rotatable bonds is 4. The summed E-state index contributed by atoms with van der Waals surface area (Å²) in [5, 5.41) is 2.95. The molecule has 6 heteroatoms. The summed E-state index contributed by atoms with van der Waals surface area (Å²) < 4.78 is 1.92. The molecular formula is C20H19N5O. The van der Waals surface area contributed by atoms with Crippen molar-refractivity contribution in [3.63, 3.8) is 0 Å². The molecule has 6 nitrogen and oxygen atoms in total. The predicted molar refractivity (Wildman–Crippen MR) is 101 cm³/mol. The Balaban J connectivity index is 1.50. The number of terminal acetylenes is 1. The highest BCUT2D eigenvalue weighted by Crippen LogP contribution is 2.20. The van der Waals surface area contributed by atoms with Crippen LogP contribution in [0, 0.1) is 12.3 Å². The summed E-state index contributed by atoms with van der Waals surface area (Å²) in [5.74, 6) is 3.35. The number of carbonyl (C=O) groups excluding carboxylic acids is 1. The number of benzene rings is 1. The Hall–Kier alpha value is -3.17. The Morgan fingerprint density at radius 2 is 2.15 bits per heavy atom. The van der Waals surface area contributed by atoms with Gasteiger partial charge in [-0.1, -0.05) is 18.1 Å². The molecule has 3 heterocycles. The average Bonchev–Trinajstić information content (AvgIpc) is 3.30. The predicted octanol–water partition coefficient (Wildman–Crippen LogP) is 2.46. The molecule has 0 bridgehead atoms. The van der Waals surface area contributed by atoms with Crippen LogP contribution >= 0.6 is 0 Å². The van der Waals surface area contributed by atoms with Crippen molar-refractivity contribution in [1.29, 1.82) is 0 Å². The van der Waals surface area contributed by atoms with Crippen LogP contribution in [0.4, 0.5) is 5.69 Å². The maximum Gasteiger partial charge on any atom is 0.241 e. The summed E-state index contributed by atoms with van der Waals surface area (Å²) >= 11 is 0. The van der Waals surface area contributed by atoms with Crippen molar-refractivity contribution < 1.29 is 4.79 Å². The molecule has 4 rings (SSSR count). The SMILES string of the molecule is C#CCN1CCC[C@H]1C(=O)Nc1ccc(-n2cnc3ccccc32)nc1. The molecule has 1 fully saturated rings. The highest BCUT2D eigenvalue weighted by atomic mass is 16.2. The number of hydrogen-bond donors (Lipinski definition) is 1. The molecule has 3 aromatic rings. The van der Waals surface area contributed by atoms with Crippen molar-refractivity contribution in [2.45, 2.75) is 18.9 Å². The van der Waals surface area contributed by atoms with Gasteiger partial charge in [-0.15, -0.1) is 6.42 Å². The molecular weight excluding hydrogens is 326 g/mol. The minimum atomic E-state index is -0.164. The lowest BCUT2D eigenvalue weighted by molar-refractivity contribution is -0.120. The van der Waals surface area contributed by atoms with Crippen LogP contribution in [-0.2, 0) is 4.79 Å². The van der Waals surface area contributed by atoms with Crippen LogP contribution in [0.2, 0.25) is 0 Å². The highest BCUT2D eigenvalue weighted by molar-refractivity contribution is 5.95. The second-order valence-corrected chi connectivity index (χ2v) is 6.33. The lowest BCUT2D eigenvalue weighted by Gasteiger charge is -2.21. The van der Waals surface area contributed by atoms with Crippen LogP contribution in [0.15, 0.2) is 48.9 Å². The van der Waals surface area contributed by atoms with Crippen molar-refractivity contribution in [3.8, 4) is 18.2 Å².